The number of halogens is 6. The van der Waals surface area contributed by atoms with Crippen LogP contribution in [-0.2, 0) is 5.60 Å². The first-order chi connectivity index (χ1) is 10.1. The minimum absolute atomic E-state index is 0.275. The molecule has 0 fully saturated rings. The van der Waals surface area contributed by atoms with E-state index in [1.54, 1.807) is 0 Å². The lowest BCUT2D eigenvalue weighted by Gasteiger charge is -2.37. The number of hydrogen-bond donors (Lipinski definition) is 1. The second-order valence-electron chi connectivity index (χ2n) is 4.66. The molecule has 0 spiro atoms. The summed E-state index contributed by atoms with van der Waals surface area (Å²) >= 11 is 3.01. The summed E-state index contributed by atoms with van der Waals surface area (Å²) in [6.45, 7) is 0. The molecule has 0 aliphatic rings. The summed E-state index contributed by atoms with van der Waals surface area (Å²) in [5.74, 6) is -5.37. The van der Waals surface area contributed by atoms with Gasteiger partial charge in [0, 0.05) is 4.47 Å². The zero-order valence-corrected chi connectivity index (χ0v) is 12.5. The normalized spacial score (nSPS) is 15.4. The van der Waals surface area contributed by atoms with E-state index in [-0.39, 0.29) is 4.47 Å². The third-order valence-electron chi connectivity index (χ3n) is 3.24. The fourth-order valence-electron chi connectivity index (χ4n) is 2.13. The van der Waals surface area contributed by atoms with Gasteiger partial charge in [0.25, 0.3) is 0 Å². The van der Waals surface area contributed by atoms with Crippen LogP contribution in [0.15, 0.2) is 59.1 Å². The van der Waals surface area contributed by atoms with Crippen molar-refractivity contribution in [2.24, 2.45) is 0 Å². The molecule has 2 rings (SSSR count). The number of benzene rings is 2. The predicted molar refractivity (Wildman–Crippen MR) is 74.6 cm³/mol. The highest BCUT2D eigenvalue weighted by Crippen LogP contribution is 2.51. The van der Waals surface area contributed by atoms with E-state index in [0.29, 0.717) is 0 Å². The second-order valence-corrected chi connectivity index (χ2v) is 5.57. The van der Waals surface area contributed by atoms with Crippen molar-refractivity contribution in [3.63, 3.8) is 0 Å². The molecular formula is C15H10BrF5O. The lowest BCUT2D eigenvalue weighted by atomic mass is 9.80. The van der Waals surface area contributed by atoms with E-state index in [0.717, 1.165) is 24.3 Å². The molecule has 0 heterocycles. The predicted octanol–water partition coefficient (Wildman–Crippen LogP) is 4.88. The Balaban J connectivity index is 2.76. The molecular weight excluding hydrogens is 371 g/mol. The molecule has 1 unspecified atom stereocenters. The minimum Gasteiger partial charge on any atom is -0.374 e. The van der Waals surface area contributed by atoms with Crippen molar-refractivity contribution in [3.8, 4) is 0 Å². The van der Waals surface area contributed by atoms with E-state index >= 15 is 0 Å². The van der Waals surface area contributed by atoms with E-state index in [1.165, 1.54) is 30.3 Å². The van der Waals surface area contributed by atoms with Gasteiger partial charge in [-0.15, -0.1) is 0 Å². The first-order valence-corrected chi connectivity index (χ1v) is 6.88. The van der Waals surface area contributed by atoms with Gasteiger partial charge in [-0.25, -0.2) is 0 Å². The zero-order chi connectivity index (χ0) is 16.6. The van der Waals surface area contributed by atoms with Gasteiger partial charge in [-0.2, -0.15) is 22.0 Å². The summed E-state index contributed by atoms with van der Waals surface area (Å²) in [5, 5.41) is 10.5. The summed E-state index contributed by atoms with van der Waals surface area (Å²) in [4.78, 5) is 0. The maximum absolute atomic E-state index is 14.1. The van der Waals surface area contributed by atoms with E-state index < -0.39 is 28.8 Å². The van der Waals surface area contributed by atoms with Crippen molar-refractivity contribution in [2.75, 3.05) is 0 Å². The van der Waals surface area contributed by atoms with Gasteiger partial charge in [0.2, 0.25) is 0 Å². The number of hydrogen-bond acceptors (Lipinski definition) is 1. The third kappa shape index (κ3) is 2.63. The topological polar surface area (TPSA) is 20.2 Å². The van der Waals surface area contributed by atoms with Gasteiger partial charge in [0.15, 0.2) is 5.60 Å². The van der Waals surface area contributed by atoms with Crippen molar-refractivity contribution < 1.29 is 27.1 Å². The molecule has 0 bridgehead atoms. The van der Waals surface area contributed by atoms with Crippen molar-refractivity contribution in [1.29, 1.82) is 0 Å². The number of alkyl halides is 5. The monoisotopic (exact) mass is 380 g/mol. The Labute approximate surface area is 131 Å². The average Bonchev–Trinajstić information content (AvgIpc) is 2.46. The molecule has 22 heavy (non-hydrogen) atoms. The minimum atomic E-state index is -5.92. The Morgan fingerprint density at radius 2 is 1.32 bits per heavy atom. The van der Waals surface area contributed by atoms with Gasteiger partial charge in [-0.05, 0) is 23.3 Å². The Hall–Kier alpha value is -1.47. The Morgan fingerprint density at radius 3 is 1.82 bits per heavy atom. The van der Waals surface area contributed by atoms with Crippen LogP contribution in [0.1, 0.15) is 11.1 Å². The second kappa shape index (κ2) is 5.62. The van der Waals surface area contributed by atoms with E-state index in [2.05, 4.69) is 15.9 Å². The summed E-state index contributed by atoms with van der Waals surface area (Å²) in [5.41, 5.74) is -4.64. The van der Waals surface area contributed by atoms with Crippen molar-refractivity contribution in [1.82, 2.24) is 0 Å². The fourth-order valence-corrected chi connectivity index (χ4v) is 2.53. The van der Waals surface area contributed by atoms with Gasteiger partial charge in [0.1, 0.15) is 0 Å². The molecule has 2 aromatic carbocycles. The lowest BCUT2D eigenvalue weighted by molar-refractivity contribution is -0.336. The van der Waals surface area contributed by atoms with Crippen molar-refractivity contribution in [3.05, 3.63) is 70.2 Å². The van der Waals surface area contributed by atoms with Crippen molar-refractivity contribution >= 4 is 15.9 Å². The van der Waals surface area contributed by atoms with Gasteiger partial charge >= 0.3 is 12.1 Å². The Bertz CT molecular complexity index is 656. The highest BCUT2D eigenvalue weighted by atomic mass is 79.9. The van der Waals surface area contributed by atoms with Crippen LogP contribution in [0.5, 0.6) is 0 Å². The highest BCUT2D eigenvalue weighted by molar-refractivity contribution is 9.10. The number of rotatable bonds is 3. The molecule has 2 aromatic rings. The van der Waals surface area contributed by atoms with Crippen LogP contribution < -0.4 is 0 Å². The van der Waals surface area contributed by atoms with Gasteiger partial charge < -0.3 is 5.11 Å². The van der Waals surface area contributed by atoms with Gasteiger partial charge in [-0.3, -0.25) is 0 Å². The molecule has 1 N–H and O–H groups in total. The molecule has 0 amide bonds. The first-order valence-electron chi connectivity index (χ1n) is 6.09. The van der Waals surface area contributed by atoms with E-state index in [4.69, 9.17) is 0 Å². The summed E-state index contributed by atoms with van der Waals surface area (Å²) < 4.78 is 67.1. The van der Waals surface area contributed by atoms with Crippen molar-refractivity contribution in [2.45, 2.75) is 17.7 Å². The molecule has 1 nitrogen and oxygen atoms in total. The Morgan fingerprint density at radius 1 is 0.773 bits per heavy atom. The highest BCUT2D eigenvalue weighted by Gasteiger charge is 2.71. The first kappa shape index (κ1) is 16.9. The van der Waals surface area contributed by atoms with Crippen LogP contribution in [-0.4, -0.2) is 17.2 Å². The van der Waals surface area contributed by atoms with E-state index in [9.17, 15) is 27.1 Å². The summed E-state index contributed by atoms with van der Waals surface area (Å²) in [7, 11) is 0. The van der Waals surface area contributed by atoms with Crippen LogP contribution in [0.25, 0.3) is 0 Å². The largest absolute Gasteiger partial charge is 0.457 e. The molecule has 0 aliphatic heterocycles. The molecule has 0 aliphatic carbocycles. The van der Waals surface area contributed by atoms with Crippen LogP contribution in [0.3, 0.4) is 0 Å². The molecule has 0 saturated heterocycles. The molecule has 0 saturated carbocycles. The SMILES string of the molecule is OC(c1ccccc1)(c1cccc(Br)c1)C(F)(F)C(F)(F)F. The lowest BCUT2D eigenvalue weighted by Crippen LogP contribution is -2.55. The molecule has 7 heteroatoms. The quantitative estimate of drug-likeness (QED) is 0.752. The van der Waals surface area contributed by atoms with Gasteiger partial charge in [-0.1, -0.05) is 58.4 Å². The maximum atomic E-state index is 14.1. The fraction of sp³-hybridized carbons (Fsp3) is 0.200. The number of aliphatic hydroxyl groups is 1. The van der Waals surface area contributed by atoms with Crippen LogP contribution >= 0.6 is 15.9 Å². The molecule has 1 atom stereocenters. The average molecular weight is 381 g/mol. The smallest absolute Gasteiger partial charge is 0.374 e. The third-order valence-corrected chi connectivity index (χ3v) is 3.74. The van der Waals surface area contributed by atoms with Crippen LogP contribution in [0, 0.1) is 0 Å². The van der Waals surface area contributed by atoms with Crippen LogP contribution in [0.4, 0.5) is 22.0 Å². The van der Waals surface area contributed by atoms with Crippen LogP contribution in [0.2, 0.25) is 0 Å². The molecule has 118 valence electrons. The molecule has 0 radical (unpaired) electrons. The Kier molecular flexibility index (Phi) is 4.32. The maximum Gasteiger partial charge on any atom is 0.457 e. The summed E-state index contributed by atoms with van der Waals surface area (Å²) in [6, 6.07) is 10.9. The molecule has 0 aromatic heterocycles. The standard InChI is InChI=1S/C15H10BrF5O/c16-12-8-4-7-11(9-12)13(22,10-5-2-1-3-6-10)14(17,18)15(19,20)21/h1-9,22H. The van der Waals surface area contributed by atoms with E-state index in [1.807, 2.05) is 0 Å². The zero-order valence-electron chi connectivity index (χ0n) is 10.9. The summed E-state index contributed by atoms with van der Waals surface area (Å²) in [6.07, 6.45) is -5.92. The van der Waals surface area contributed by atoms with Gasteiger partial charge in [0.05, 0.1) is 0 Å².